The predicted octanol–water partition coefficient (Wildman–Crippen LogP) is 2.50. The van der Waals surface area contributed by atoms with Crippen molar-refractivity contribution in [3.63, 3.8) is 0 Å². The van der Waals surface area contributed by atoms with Gasteiger partial charge in [-0.3, -0.25) is 14.6 Å². The molecule has 146 valence electrons. The third-order valence-electron chi connectivity index (χ3n) is 5.10. The molecule has 1 fully saturated rings. The van der Waals surface area contributed by atoms with E-state index in [1.807, 2.05) is 11.9 Å². The molecule has 0 saturated carbocycles. The highest BCUT2D eigenvalue weighted by molar-refractivity contribution is 5.77. The maximum absolute atomic E-state index is 12.0. The lowest BCUT2D eigenvalue weighted by atomic mass is 9.99. The molecule has 0 atom stereocenters. The summed E-state index contributed by atoms with van der Waals surface area (Å²) in [5.41, 5.74) is 2.50. The van der Waals surface area contributed by atoms with Gasteiger partial charge in [0, 0.05) is 33.4 Å². The number of benzene rings is 1. The monoisotopic (exact) mass is 361 g/mol. The average molecular weight is 362 g/mol. The first kappa shape index (κ1) is 20.9. The zero-order chi connectivity index (χ0) is 18.8. The summed E-state index contributed by atoms with van der Waals surface area (Å²) < 4.78 is 5.03. The molecule has 1 aliphatic heterocycles. The van der Waals surface area contributed by atoms with Gasteiger partial charge in [0.25, 0.3) is 0 Å². The van der Waals surface area contributed by atoms with Gasteiger partial charge >= 0.3 is 0 Å². The second-order valence-corrected chi connectivity index (χ2v) is 7.64. The highest BCUT2D eigenvalue weighted by Gasteiger charge is 2.15. The Morgan fingerprint density at radius 3 is 2.54 bits per heavy atom. The fraction of sp³-hybridized carbons (Fsp3) is 0.667. The lowest BCUT2D eigenvalue weighted by Crippen LogP contribution is -2.35. The van der Waals surface area contributed by atoms with Crippen LogP contribution in [-0.4, -0.2) is 62.7 Å². The summed E-state index contributed by atoms with van der Waals surface area (Å²) in [6.45, 7) is 8.40. The zero-order valence-electron chi connectivity index (χ0n) is 16.7. The molecular formula is C21H35N3O2. The highest BCUT2D eigenvalue weighted by atomic mass is 16.5. The van der Waals surface area contributed by atoms with Crippen LogP contribution in [-0.2, 0) is 22.6 Å². The van der Waals surface area contributed by atoms with Crippen LogP contribution in [0.25, 0.3) is 0 Å². The van der Waals surface area contributed by atoms with Crippen LogP contribution in [0.15, 0.2) is 24.3 Å². The Hall–Kier alpha value is -1.43. The van der Waals surface area contributed by atoms with Crippen LogP contribution in [0.5, 0.6) is 0 Å². The summed E-state index contributed by atoms with van der Waals surface area (Å²) in [6.07, 6.45) is 3.56. The number of methoxy groups -OCH3 is 1. The van der Waals surface area contributed by atoms with Gasteiger partial charge in [0.15, 0.2) is 0 Å². The number of carbonyl (C=O) groups is 1. The molecule has 0 aliphatic carbocycles. The Bertz CT molecular complexity index is 525. The van der Waals surface area contributed by atoms with Crippen molar-refractivity contribution >= 4 is 5.91 Å². The minimum absolute atomic E-state index is 0.0661. The van der Waals surface area contributed by atoms with Gasteiger partial charge < -0.3 is 10.1 Å². The van der Waals surface area contributed by atoms with Crippen molar-refractivity contribution in [3.8, 4) is 0 Å². The van der Waals surface area contributed by atoms with Gasteiger partial charge in [-0.05, 0) is 56.4 Å². The molecule has 0 unspecified atom stereocenters. The SMILES string of the molecule is COCCCN(C)CC(=O)NCc1ccc(CN2CCC(C)CC2)cc1. The number of carbonyl (C=O) groups excluding carboxylic acids is 1. The van der Waals surface area contributed by atoms with E-state index in [0.29, 0.717) is 13.1 Å². The van der Waals surface area contributed by atoms with Gasteiger partial charge in [0.2, 0.25) is 5.91 Å². The number of likely N-dealkylation sites (tertiary alicyclic amines) is 1. The number of ether oxygens (including phenoxy) is 1. The predicted molar refractivity (Wildman–Crippen MR) is 106 cm³/mol. The quantitative estimate of drug-likeness (QED) is 0.651. The average Bonchev–Trinajstić information content (AvgIpc) is 2.63. The number of hydrogen-bond donors (Lipinski definition) is 1. The molecule has 1 N–H and O–H groups in total. The number of nitrogens with one attached hydrogen (secondary N) is 1. The van der Waals surface area contributed by atoms with Gasteiger partial charge in [0.05, 0.1) is 6.54 Å². The van der Waals surface area contributed by atoms with Gasteiger partial charge in [-0.2, -0.15) is 0 Å². The lowest BCUT2D eigenvalue weighted by molar-refractivity contribution is -0.122. The molecule has 5 nitrogen and oxygen atoms in total. The molecule has 26 heavy (non-hydrogen) atoms. The van der Waals surface area contributed by atoms with Crippen molar-refractivity contribution in [2.75, 3.05) is 46.9 Å². The second-order valence-electron chi connectivity index (χ2n) is 7.64. The maximum Gasteiger partial charge on any atom is 0.234 e. The van der Waals surface area contributed by atoms with E-state index in [9.17, 15) is 4.79 Å². The van der Waals surface area contributed by atoms with Crippen LogP contribution in [0, 0.1) is 5.92 Å². The van der Waals surface area contributed by atoms with Crippen molar-refractivity contribution in [2.45, 2.75) is 39.3 Å². The van der Waals surface area contributed by atoms with Gasteiger partial charge in [0.1, 0.15) is 0 Å². The summed E-state index contributed by atoms with van der Waals surface area (Å²) in [5.74, 6) is 0.938. The molecule has 5 heteroatoms. The van der Waals surface area contributed by atoms with Gasteiger partial charge in [-0.15, -0.1) is 0 Å². The van der Waals surface area contributed by atoms with Crippen LogP contribution in [0.3, 0.4) is 0 Å². The summed E-state index contributed by atoms with van der Waals surface area (Å²) in [5, 5.41) is 3.00. The molecule has 1 aromatic rings. The first-order valence-electron chi connectivity index (χ1n) is 9.81. The number of likely N-dealkylation sites (N-methyl/N-ethyl adjacent to an activating group) is 1. The molecule has 0 aromatic heterocycles. The number of rotatable bonds is 10. The number of hydrogen-bond acceptors (Lipinski definition) is 4. The number of nitrogens with zero attached hydrogens (tertiary/aromatic N) is 2. The Morgan fingerprint density at radius 2 is 1.88 bits per heavy atom. The normalized spacial score (nSPS) is 16.2. The van der Waals surface area contributed by atoms with Crippen molar-refractivity contribution < 1.29 is 9.53 Å². The van der Waals surface area contributed by atoms with E-state index in [4.69, 9.17) is 4.74 Å². The molecule has 0 radical (unpaired) electrons. The van der Waals surface area contributed by atoms with Crippen LogP contribution in [0.2, 0.25) is 0 Å². The molecule has 1 amide bonds. The van der Waals surface area contributed by atoms with Crippen LogP contribution >= 0.6 is 0 Å². The smallest absolute Gasteiger partial charge is 0.234 e. The summed E-state index contributed by atoms with van der Waals surface area (Å²) in [6, 6.07) is 8.64. The van der Waals surface area contributed by atoms with E-state index in [-0.39, 0.29) is 5.91 Å². The molecule has 0 spiro atoms. The van der Waals surface area contributed by atoms with Crippen molar-refractivity contribution in [2.24, 2.45) is 5.92 Å². The van der Waals surface area contributed by atoms with Crippen LogP contribution in [0.1, 0.15) is 37.3 Å². The van der Waals surface area contributed by atoms with Crippen LogP contribution < -0.4 is 5.32 Å². The Morgan fingerprint density at radius 1 is 1.23 bits per heavy atom. The first-order chi connectivity index (χ1) is 12.6. The highest BCUT2D eigenvalue weighted by Crippen LogP contribution is 2.18. The molecule has 1 saturated heterocycles. The summed E-state index contributed by atoms with van der Waals surface area (Å²) >= 11 is 0. The molecule has 1 heterocycles. The Kier molecular flexibility index (Phi) is 9.09. The number of amides is 1. The fourth-order valence-corrected chi connectivity index (χ4v) is 3.30. The van der Waals surface area contributed by atoms with E-state index >= 15 is 0 Å². The zero-order valence-corrected chi connectivity index (χ0v) is 16.7. The standard InChI is InChI=1S/C21H35N3O2/c1-18-9-12-24(13-10-18)16-20-7-5-19(6-8-20)15-22-21(25)17-23(2)11-4-14-26-3/h5-8,18H,4,9-17H2,1-3H3,(H,22,25). The minimum Gasteiger partial charge on any atom is -0.385 e. The molecule has 1 aliphatic rings. The fourth-order valence-electron chi connectivity index (χ4n) is 3.30. The molecule has 1 aromatic carbocycles. The number of piperidine rings is 1. The van der Waals surface area contributed by atoms with Crippen molar-refractivity contribution in [1.82, 2.24) is 15.1 Å². The Balaban J connectivity index is 1.67. The molecule has 2 rings (SSSR count). The van der Waals surface area contributed by atoms with E-state index in [1.165, 1.54) is 31.5 Å². The van der Waals surface area contributed by atoms with E-state index in [2.05, 4.69) is 41.4 Å². The first-order valence-corrected chi connectivity index (χ1v) is 9.81. The molecular weight excluding hydrogens is 326 g/mol. The minimum atomic E-state index is 0.0661. The van der Waals surface area contributed by atoms with Gasteiger partial charge in [-0.1, -0.05) is 31.2 Å². The van der Waals surface area contributed by atoms with E-state index < -0.39 is 0 Å². The second kappa shape index (κ2) is 11.3. The maximum atomic E-state index is 12.0. The lowest BCUT2D eigenvalue weighted by Gasteiger charge is -2.30. The van der Waals surface area contributed by atoms with E-state index in [1.54, 1.807) is 7.11 Å². The van der Waals surface area contributed by atoms with Crippen molar-refractivity contribution in [1.29, 1.82) is 0 Å². The van der Waals surface area contributed by atoms with Crippen LogP contribution in [0.4, 0.5) is 0 Å². The largest absolute Gasteiger partial charge is 0.385 e. The van der Waals surface area contributed by atoms with Crippen molar-refractivity contribution in [3.05, 3.63) is 35.4 Å². The third-order valence-corrected chi connectivity index (χ3v) is 5.10. The summed E-state index contributed by atoms with van der Waals surface area (Å²) in [4.78, 5) is 16.6. The third kappa shape index (κ3) is 7.85. The van der Waals surface area contributed by atoms with Gasteiger partial charge in [-0.25, -0.2) is 0 Å². The summed E-state index contributed by atoms with van der Waals surface area (Å²) in [7, 11) is 3.66. The van der Waals surface area contributed by atoms with E-state index in [0.717, 1.165) is 37.6 Å². The Labute approximate surface area is 158 Å². The topological polar surface area (TPSA) is 44.8 Å². The molecule has 0 bridgehead atoms.